The van der Waals surface area contributed by atoms with E-state index in [1.54, 1.807) is 58.0 Å². The van der Waals surface area contributed by atoms with E-state index in [-0.39, 0.29) is 37.2 Å². The van der Waals surface area contributed by atoms with E-state index in [1.807, 2.05) is 0 Å². The van der Waals surface area contributed by atoms with E-state index in [0.29, 0.717) is 23.2 Å². The molecule has 0 spiro atoms. The molecule has 10 heteroatoms. The monoisotopic (exact) mass is 422 g/mol. The fourth-order valence-corrected chi connectivity index (χ4v) is 2.30. The third-order valence-corrected chi connectivity index (χ3v) is 3.77. The number of aromatic nitrogens is 1. The molecule has 9 nitrogen and oxygen atoms in total. The number of ether oxygens (including phenoxy) is 2. The number of likely N-dealkylation sites (N-methyl/N-ethyl adjacent to an activating group) is 2. The molecule has 2 aromatic rings. The van der Waals surface area contributed by atoms with E-state index in [4.69, 9.17) is 13.9 Å². The molecule has 0 bridgehead atoms. The average molecular weight is 422 g/mol. The van der Waals surface area contributed by atoms with Crippen molar-refractivity contribution >= 4 is 29.1 Å². The molecule has 0 aliphatic rings. The molecule has 1 heterocycles. The zero-order valence-corrected chi connectivity index (χ0v) is 17.7. The first-order valence-corrected chi connectivity index (χ1v) is 9.31. The number of hydrogen-bond donors (Lipinski definition) is 2. The number of carbonyl (C=O) groups excluding carboxylic acids is 2. The lowest BCUT2D eigenvalue weighted by Gasteiger charge is -2.20. The van der Waals surface area contributed by atoms with Gasteiger partial charge in [0.05, 0.1) is 6.33 Å². The Hall–Kier alpha value is -3.30. The van der Waals surface area contributed by atoms with Crippen LogP contribution in [0.15, 0.2) is 34.5 Å². The normalized spacial score (nSPS) is 11.9. The molecule has 0 saturated heterocycles. The maximum Gasteiger partial charge on any atom is 0.407 e. The number of halogens is 1. The highest BCUT2D eigenvalue weighted by atomic mass is 19.1. The summed E-state index contributed by atoms with van der Waals surface area (Å²) in [6.07, 6.45) is -0.255. The summed E-state index contributed by atoms with van der Waals surface area (Å²) < 4.78 is 29.5. The number of carbonyl (C=O) groups is 2. The van der Waals surface area contributed by atoms with Crippen molar-refractivity contribution in [2.24, 2.45) is 0 Å². The molecular formula is C20H27FN4O5. The summed E-state index contributed by atoms with van der Waals surface area (Å²) in [4.78, 5) is 29.1. The molecule has 0 atom stereocenters. The zero-order valence-electron chi connectivity index (χ0n) is 17.7. The molecule has 0 aliphatic heterocycles. The van der Waals surface area contributed by atoms with Crippen molar-refractivity contribution in [3.8, 4) is 5.75 Å². The van der Waals surface area contributed by atoms with Crippen molar-refractivity contribution in [3.05, 3.63) is 30.1 Å². The maximum atomic E-state index is 13.1. The van der Waals surface area contributed by atoms with Crippen LogP contribution in [0, 0.1) is 0 Å². The molecule has 164 valence electrons. The highest BCUT2D eigenvalue weighted by Crippen LogP contribution is 2.25. The van der Waals surface area contributed by atoms with Gasteiger partial charge >= 0.3 is 6.09 Å². The molecule has 2 N–H and O–H groups in total. The van der Waals surface area contributed by atoms with Crippen molar-refractivity contribution in [2.45, 2.75) is 26.4 Å². The SMILES string of the molecule is CNC(=O)CN(C)c1nc2ccc(OC/C(=C\F)CNC(=O)OC(C)(C)C)cc2o1. The predicted molar refractivity (Wildman–Crippen MR) is 110 cm³/mol. The van der Waals surface area contributed by atoms with Gasteiger partial charge < -0.3 is 29.4 Å². The van der Waals surface area contributed by atoms with E-state index < -0.39 is 11.7 Å². The summed E-state index contributed by atoms with van der Waals surface area (Å²) in [5.41, 5.74) is 0.641. The second kappa shape index (κ2) is 9.95. The van der Waals surface area contributed by atoms with Gasteiger partial charge in [0.15, 0.2) is 5.58 Å². The summed E-state index contributed by atoms with van der Waals surface area (Å²) in [7, 11) is 3.24. The van der Waals surface area contributed by atoms with Crippen LogP contribution in [0.1, 0.15) is 20.8 Å². The second-order valence-electron chi connectivity index (χ2n) is 7.57. The zero-order chi connectivity index (χ0) is 22.3. The van der Waals surface area contributed by atoms with E-state index in [1.165, 1.54) is 0 Å². The molecule has 0 unspecified atom stereocenters. The minimum Gasteiger partial charge on any atom is -0.489 e. The Morgan fingerprint density at radius 3 is 2.70 bits per heavy atom. The Morgan fingerprint density at radius 2 is 2.07 bits per heavy atom. The largest absolute Gasteiger partial charge is 0.489 e. The van der Waals surface area contributed by atoms with Gasteiger partial charge in [-0.2, -0.15) is 4.98 Å². The van der Waals surface area contributed by atoms with Crippen molar-refractivity contribution in [2.75, 3.05) is 38.7 Å². The molecule has 0 radical (unpaired) electrons. The highest BCUT2D eigenvalue weighted by molar-refractivity contribution is 5.81. The third kappa shape index (κ3) is 6.94. The minimum absolute atomic E-state index is 0.0512. The van der Waals surface area contributed by atoms with Crippen LogP contribution in [0.5, 0.6) is 5.75 Å². The topological polar surface area (TPSA) is 106 Å². The van der Waals surface area contributed by atoms with Gasteiger partial charge in [0.2, 0.25) is 5.91 Å². The number of hydrogen-bond acceptors (Lipinski definition) is 7. The molecule has 1 aromatic heterocycles. The first-order valence-electron chi connectivity index (χ1n) is 9.31. The number of alkyl carbamates (subject to hydrolysis) is 1. The van der Waals surface area contributed by atoms with Crippen LogP contribution >= 0.6 is 0 Å². The van der Waals surface area contributed by atoms with Crippen LogP contribution in [0.4, 0.5) is 15.2 Å². The molecule has 2 rings (SSSR count). The molecular weight excluding hydrogens is 395 g/mol. The number of rotatable bonds is 8. The number of anilines is 1. The van der Waals surface area contributed by atoms with Crippen molar-refractivity contribution in [1.29, 1.82) is 0 Å². The summed E-state index contributed by atoms with van der Waals surface area (Å²) in [5.74, 6) is 0.269. The third-order valence-electron chi connectivity index (χ3n) is 3.77. The lowest BCUT2D eigenvalue weighted by atomic mass is 10.2. The predicted octanol–water partition coefficient (Wildman–Crippen LogP) is 2.77. The van der Waals surface area contributed by atoms with Gasteiger partial charge in [-0.15, -0.1) is 0 Å². The van der Waals surface area contributed by atoms with Gasteiger partial charge in [0.25, 0.3) is 6.01 Å². The van der Waals surface area contributed by atoms with Crippen molar-refractivity contribution in [1.82, 2.24) is 15.6 Å². The van der Waals surface area contributed by atoms with Gasteiger partial charge in [0.1, 0.15) is 30.0 Å². The van der Waals surface area contributed by atoms with Gasteiger partial charge in [-0.3, -0.25) is 4.79 Å². The van der Waals surface area contributed by atoms with E-state index in [0.717, 1.165) is 0 Å². The maximum absolute atomic E-state index is 13.1. The average Bonchev–Trinajstić information content (AvgIpc) is 3.10. The van der Waals surface area contributed by atoms with Crippen LogP contribution in [0.3, 0.4) is 0 Å². The summed E-state index contributed by atoms with van der Waals surface area (Å²) in [6.45, 7) is 5.19. The van der Waals surface area contributed by atoms with E-state index in [2.05, 4.69) is 15.6 Å². The lowest BCUT2D eigenvalue weighted by molar-refractivity contribution is -0.119. The van der Waals surface area contributed by atoms with Crippen LogP contribution in [0.2, 0.25) is 0 Å². The molecule has 1 aromatic carbocycles. The van der Waals surface area contributed by atoms with E-state index in [9.17, 15) is 14.0 Å². The summed E-state index contributed by atoms with van der Waals surface area (Å²) in [6, 6.07) is 5.28. The Labute approximate surface area is 174 Å². The Bertz CT molecular complexity index is 920. The number of benzene rings is 1. The van der Waals surface area contributed by atoms with Gasteiger partial charge in [-0.1, -0.05) is 0 Å². The molecule has 2 amide bonds. The lowest BCUT2D eigenvalue weighted by Crippen LogP contribution is -2.34. The number of nitrogens with zero attached hydrogens (tertiary/aromatic N) is 2. The van der Waals surface area contributed by atoms with Crippen LogP contribution in [-0.2, 0) is 9.53 Å². The summed E-state index contributed by atoms with van der Waals surface area (Å²) in [5, 5.41) is 5.01. The Kier molecular flexibility index (Phi) is 7.62. The standard InChI is InChI=1S/C20H27FN4O5/c1-20(2,3)30-19(27)23-10-13(9-21)12-28-14-6-7-15-16(8-14)29-18(24-15)25(5)11-17(26)22-4/h6-9H,10-12H2,1-5H3,(H,22,26)(H,23,27)/b13-9-. The van der Waals surface area contributed by atoms with Crippen molar-refractivity contribution < 1.29 is 27.9 Å². The van der Waals surface area contributed by atoms with Gasteiger partial charge in [-0.25, -0.2) is 9.18 Å². The molecule has 0 aliphatic carbocycles. The Balaban J connectivity index is 1.95. The molecule has 30 heavy (non-hydrogen) atoms. The molecule has 0 fully saturated rings. The fraction of sp³-hybridized carbons (Fsp3) is 0.450. The first kappa shape index (κ1) is 23.0. The number of fused-ring (bicyclic) bond motifs is 1. The van der Waals surface area contributed by atoms with Crippen molar-refractivity contribution in [3.63, 3.8) is 0 Å². The van der Waals surface area contributed by atoms with Crippen LogP contribution in [-0.4, -0.2) is 56.4 Å². The highest BCUT2D eigenvalue weighted by Gasteiger charge is 2.16. The first-order chi connectivity index (χ1) is 14.1. The van der Waals surface area contributed by atoms with Crippen LogP contribution in [0.25, 0.3) is 11.1 Å². The second-order valence-corrected chi connectivity index (χ2v) is 7.57. The number of amides is 2. The minimum atomic E-state index is -0.640. The smallest absolute Gasteiger partial charge is 0.407 e. The number of oxazole rings is 1. The summed E-state index contributed by atoms with van der Waals surface area (Å²) >= 11 is 0. The fourth-order valence-electron chi connectivity index (χ4n) is 2.30. The van der Waals surface area contributed by atoms with Gasteiger partial charge in [0, 0.05) is 32.3 Å². The quantitative estimate of drug-likeness (QED) is 0.674. The van der Waals surface area contributed by atoms with Gasteiger partial charge in [-0.05, 0) is 32.9 Å². The Morgan fingerprint density at radius 1 is 1.33 bits per heavy atom. The number of nitrogens with one attached hydrogen (secondary N) is 2. The van der Waals surface area contributed by atoms with E-state index >= 15 is 0 Å². The van der Waals surface area contributed by atoms with Crippen LogP contribution < -0.4 is 20.3 Å². The molecule has 0 saturated carbocycles.